The smallest absolute Gasteiger partial charge is 0.263 e. The molecule has 0 fully saturated rings. The highest BCUT2D eigenvalue weighted by Gasteiger charge is 2.15. The molecule has 0 aliphatic rings. The second-order valence-corrected chi connectivity index (χ2v) is 9.45. The first kappa shape index (κ1) is 22.2. The lowest BCUT2D eigenvalue weighted by atomic mass is 10.1. The zero-order valence-corrected chi connectivity index (χ0v) is 18.7. The van der Waals surface area contributed by atoms with Crippen LogP contribution in [0.2, 0.25) is 5.02 Å². The van der Waals surface area contributed by atoms with Gasteiger partial charge in [-0.25, -0.2) is 13.4 Å². The number of anilines is 2. The van der Waals surface area contributed by atoms with Crippen LogP contribution in [0.4, 0.5) is 10.8 Å². The van der Waals surface area contributed by atoms with E-state index in [1.54, 1.807) is 23.6 Å². The number of amides is 1. The molecule has 3 rings (SSSR count). The number of sulfonamides is 1. The first-order chi connectivity index (χ1) is 14.3. The number of hydrogen-bond acceptors (Lipinski definition) is 6. The summed E-state index contributed by atoms with van der Waals surface area (Å²) in [5.41, 5.74) is 1.43. The maximum Gasteiger partial charge on any atom is 0.263 e. The van der Waals surface area contributed by atoms with Gasteiger partial charge < -0.3 is 10.6 Å². The summed E-state index contributed by atoms with van der Waals surface area (Å²) in [4.78, 5) is 16.1. The lowest BCUT2D eigenvalue weighted by Gasteiger charge is -2.11. The van der Waals surface area contributed by atoms with E-state index in [9.17, 15) is 13.2 Å². The Bertz CT molecular complexity index is 1130. The molecule has 30 heavy (non-hydrogen) atoms. The topological polar surface area (TPSA) is 100 Å². The molecule has 0 saturated carbocycles. The monoisotopic (exact) mass is 480 g/mol. The van der Waals surface area contributed by atoms with Crippen LogP contribution < -0.4 is 15.4 Å². The summed E-state index contributed by atoms with van der Waals surface area (Å²) in [7, 11) is -3.73. The molecule has 0 saturated heterocycles. The Balaban J connectivity index is 1.51. The van der Waals surface area contributed by atoms with E-state index in [1.165, 1.54) is 29.7 Å². The zero-order valence-electron chi connectivity index (χ0n) is 15.5. The minimum absolute atomic E-state index is 0.0814. The SMILES string of the molecule is O=C(CCc1ccccc1Cl)NC(=S)Nc1ccc(S(=O)(=O)Nc2nccs2)cc1. The molecule has 0 unspecified atom stereocenters. The van der Waals surface area contributed by atoms with Crippen molar-refractivity contribution in [2.45, 2.75) is 17.7 Å². The number of aryl methyl sites for hydroxylation is 1. The van der Waals surface area contributed by atoms with Crippen molar-refractivity contribution in [3.8, 4) is 0 Å². The van der Waals surface area contributed by atoms with Crippen LogP contribution in [0.25, 0.3) is 0 Å². The number of carbonyl (C=O) groups is 1. The number of benzene rings is 2. The third-order valence-electron chi connectivity index (χ3n) is 3.91. The average Bonchev–Trinajstić information content (AvgIpc) is 3.20. The third-order valence-corrected chi connectivity index (χ3v) is 6.65. The Morgan fingerprint density at radius 1 is 1.13 bits per heavy atom. The van der Waals surface area contributed by atoms with Crippen molar-refractivity contribution in [2.24, 2.45) is 0 Å². The largest absolute Gasteiger partial charge is 0.332 e. The van der Waals surface area contributed by atoms with E-state index in [2.05, 4.69) is 20.3 Å². The van der Waals surface area contributed by atoms with Crippen molar-refractivity contribution in [1.29, 1.82) is 0 Å². The van der Waals surface area contributed by atoms with Crippen molar-refractivity contribution in [2.75, 3.05) is 10.0 Å². The number of thiocarbonyl (C=S) groups is 1. The van der Waals surface area contributed by atoms with Crippen molar-refractivity contribution in [1.82, 2.24) is 10.3 Å². The molecule has 0 spiro atoms. The molecule has 0 bridgehead atoms. The van der Waals surface area contributed by atoms with Crippen LogP contribution in [0, 0.1) is 0 Å². The van der Waals surface area contributed by atoms with Gasteiger partial charge in [0.25, 0.3) is 10.0 Å². The van der Waals surface area contributed by atoms with Gasteiger partial charge >= 0.3 is 0 Å². The predicted molar refractivity (Wildman–Crippen MR) is 124 cm³/mol. The van der Waals surface area contributed by atoms with Crippen LogP contribution >= 0.6 is 35.2 Å². The fraction of sp³-hybridized carbons (Fsp3) is 0.105. The molecule has 3 aromatic rings. The van der Waals surface area contributed by atoms with Gasteiger partial charge in [-0.05, 0) is 54.5 Å². The van der Waals surface area contributed by atoms with Crippen LogP contribution in [0.15, 0.2) is 65.0 Å². The van der Waals surface area contributed by atoms with Crippen LogP contribution in [-0.2, 0) is 21.2 Å². The van der Waals surface area contributed by atoms with Gasteiger partial charge in [-0.3, -0.25) is 9.52 Å². The Morgan fingerprint density at radius 2 is 1.87 bits per heavy atom. The second kappa shape index (κ2) is 9.98. The molecule has 0 atom stereocenters. The average molecular weight is 481 g/mol. The van der Waals surface area contributed by atoms with E-state index in [0.717, 1.165) is 5.56 Å². The lowest BCUT2D eigenvalue weighted by Crippen LogP contribution is -2.34. The molecule has 2 aromatic carbocycles. The fourth-order valence-electron chi connectivity index (χ4n) is 2.47. The van der Waals surface area contributed by atoms with Crippen molar-refractivity contribution < 1.29 is 13.2 Å². The number of halogens is 1. The molecular weight excluding hydrogens is 464 g/mol. The third kappa shape index (κ3) is 6.23. The van der Waals surface area contributed by atoms with E-state index in [0.29, 0.717) is 17.1 Å². The number of hydrogen-bond donors (Lipinski definition) is 3. The Hall–Kier alpha value is -2.53. The lowest BCUT2D eigenvalue weighted by molar-refractivity contribution is -0.119. The molecule has 1 heterocycles. The Labute approximate surface area is 188 Å². The maximum atomic E-state index is 12.3. The zero-order chi connectivity index (χ0) is 21.6. The molecule has 3 N–H and O–H groups in total. The molecule has 1 aromatic heterocycles. The van der Waals surface area contributed by atoms with E-state index >= 15 is 0 Å². The molecule has 0 radical (unpaired) electrons. The number of rotatable bonds is 7. The number of thiazole rings is 1. The molecule has 0 aliphatic carbocycles. The Kier molecular flexibility index (Phi) is 7.38. The molecule has 156 valence electrons. The molecule has 1 amide bonds. The van der Waals surface area contributed by atoms with E-state index in [1.807, 2.05) is 18.2 Å². The van der Waals surface area contributed by atoms with Crippen LogP contribution in [0.5, 0.6) is 0 Å². The molecule has 7 nitrogen and oxygen atoms in total. The van der Waals surface area contributed by atoms with Gasteiger partial charge in [0.15, 0.2) is 10.2 Å². The normalized spacial score (nSPS) is 11.0. The summed E-state index contributed by atoms with van der Waals surface area (Å²) in [6, 6.07) is 13.3. The summed E-state index contributed by atoms with van der Waals surface area (Å²) in [5.74, 6) is -0.251. The predicted octanol–water partition coefficient (Wildman–Crippen LogP) is 4.04. The quantitative estimate of drug-likeness (QED) is 0.441. The molecular formula is C19H17ClN4O3S3. The van der Waals surface area contributed by atoms with Gasteiger partial charge in [-0.1, -0.05) is 29.8 Å². The summed E-state index contributed by atoms with van der Waals surface area (Å²) < 4.78 is 27.1. The van der Waals surface area contributed by atoms with Crippen molar-refractivity contribution in [3.63, 3.8) is 0 Å². The van der Waals surface area contributed by atoms with Crippen LogP contribution in [0.1, 0.15) is 12.0 Å². The van der Waals surface area contributed by atoms with Crippen molar-refractivity contribution >= 4 is 67.0 Å². The second-order valence-electron chi connectivity index (χ2n) is 6.06. The summed E-state index contributed by atoms with van der Waals surface area (Å²) >= 11 is 12.4. The highest BCUT2D eigenvalue weighted by atomic mass is 35.5. The highest BCUT2D eigenvalue weighted by Crippen LogP contribution is 2.20. The van der Waals surface area contributed by atoms with E-state index in [-0.39, 0.29) is 27.5 Å². The number of aromatic nitrogens is 1. The van der Waals surface area contributed by atoms with Gasteiger partial charge in [-0.15, -0.1) is 11.3 Å². The van der Waals surface area contributed by atoms with E-state index in [4.69, 9.17) is 23.8 Å². The number of nitrogens with one attached hydrogen (secondary N) is 3. The van der Waals surface area contributed by atoms with Gasteiger partial charge in [0, 0.05) is 28.7 Å². The fourth-order valence-corrected chi connectivity index (χ4v) is 4.72. The minimum Gasteiger partial charge on any atom is -0.332 e. The highest BCUT2D eigenvalue weighted by molar-refractivity contribution is 7.93. The molecule has 0 aliphatic heterocycles. The van der Waals surface area contributed by atoms with Crippen LogP contribution in [-0.4, -0.2) is 24.4 Å². The minimum atomic E-state index is -3.73. The van der Waals surface area contributed by atoms with Crippen molar-refractivity contribution in [3.05, 3.63) is 70.7 Å². The van der Waals surface area contributed by atoms with Gasteiger partial charge in [0.1, 0.15) is 0 Å². The van der Waals surface area contributed by atoms with Gasteiger partial charge in [-0.2, -0.15) is 0 Å². The van der Waals surface area contributed by atoms with Crippen LogP contribution in [0.3, 0.4) is 0 Å². The van der Waals surface area contributed by atoms with E-state index < -0.39 is 10.0 Å². The summed E-state index contributed by atoms with van der Waals surface area (Å²) in [6.07, 6.45) is 2.23. The molecule has 11 heteroatoms. The standard InChI is InChI=1S/C19H17ClN4O3S3/c20-16-4-2-1-3-13(16)5-10-17(25)23-18(28)22-14-6-8-15(9-7-14)30(26,27)24-19-21-11-12-29-19/h1-4,6-9,11-12H,5,10H2,(H,21,24)(H2,22,23,25,28). The number of carbonyl (C=O) groups excluding carboxylic acids is 1. The Morgan fingerprint density at radius 3 is 2.53 bits per heavy atom. The number of nitrogens with zero attached hydrogens (tertiary/aromatic N) is 1. The van der Waals surface area contributed by atoms with Gasteiger partial charge in [0.05, 0.1) is 4.90 Å². The summed E-state index contributed by atoms with van der Waals surface area (Å²) in [5, 5.41) is 8.15. The maximum absolute atomic E-state index is 12.3. The van der Waals surface area contributed by atoms with Gasteiger partial charge in [0.2, 0.25) is 5.91 Å². The first-order valence-corrected chi connectivity index (χ1v) is 11.8. The first-order valence-electron chi connectivity index (χ1n) is 8.70. The summed E-state index contributed by atoms with van der Waals surface area (Å²) in [6.45, 7) is 0.